The van der Waals surface area contributed by atoms with Gasteiger partial charge in [-0.25, -0.2) is 4.98 Å². The van der Waals surface area contributed by atoms with Crippen LogP contribution in [-0.4, -0.2) is 17.5 Å². The zero-order chi connectivity index (χ0) is 22.5. The molecule has 32 heavy (non-hydrogen) atoms. The summed E-state index contributed by atoms with van der Waals surface area (Å²) in [4.78, 5) is 17.2. The van der Waals surface area contributed by atoms with Crippen LogP contribution >= 0.6 is 11.3 Å². The van der Waals surface area contributed by atoms with Gasteiger partial charge in [-0.1, -0.05) is 60.7 Å². The molecule has 1 heterocycles. The molecular formula is C27H26N2O2S. The Balaban J connectivity index is 1.37. The summed E-state index contributed by atoms with van der Waals surface area (Å²) in [6.45, 7) is 6.49. The van der Waals surface area contributed by atoms with Gasteiger partial charge in [0, 0.05) is 23.1 Å². The highest BCUT2D eigenvalue weighted by atomic mass is 32.1. The lowest BCUT2D eigenvalue weighted by atomic mass is 10.1. The summed E-state index contributed by atoms with van der Waals surface area (Å²) in [5.74, 6) is 0.649. The van der Waals surface area contributed by atoms with E-state index in [0.717, 1.165) is 49.8 Å². The van der Waals surface area contributed by atoms with E-state index < -0.39 is 0 Å². The van der Waals surface area contributed by atoms with Crippen molar-refractivity contribution in [3.05, 3.63) is 94.4 Å². The minimum atomic E-state index is -0.142. The largest absolute Gasteiger partial charge is 0.483 e. The molecule has 5 heteroatoms. The SMILES string of the molecule is Cc1ccc(C)c(OCC(=O)NCc2cccc(-c3nc(-c4ccccc4)cs3)c2)c1C. The number of ether oxygens (including phenoxy) is 1. The second-order valence-corrected chi connectivity index (χ2v) is 8.68. The van der Waals surface area contributed by atoms with E-state index >= 15 is 0 Å². The van der Waals surface area contributed by atoms with Gasteiger partial charge >= 0.3 is 0 Å². The average Bonchev–Trinajstić information content (AvgIpc) is 3.31. The molecule has 0 fully saturated rings. The van der Waals surface area contributed by atoms with Gasteiger partial charge in [-0.05, 0) is 49.1 Å². The highest BCUT2D eigenvalue weighted by Gasteiger charge is 2.10. The van der Waals surface area contributed by atoms with Crippen molar-refractivity contribution in [2.45, 2.75) is 27.3 Å². The lowest BCUT2D eigenvalue weighted by Crippen LogP contribution is -2.28. The quantitative estimate of drug-likeness (QED) is 0.376. The molecule has 4 nitrogen and oxygen atoms in total. The zero-order valence-corrected chi connectivity index (χ0v) is 19.3. The second kappa shape index (κ2) is 9.79. The molecule has 1 amide bonds. The minimum absolute atomic E-state index is 0.00224. The normalized spacial score (nSPS) is 10.7. The molecule has 1 N–H and O–H groups in total. The monoisotopic (exact) mass is 442 g/mol. The summed E-state index contributed by atoms with van der Waals surface area (Å²) in [5.41, 5.74) is 7.42. The number of aromatic nitrogens is 1. The smallest absolute Gasteiger partial charge is 0.258 e. The fraction of sp³-hybridized carbons (Fsp3) is 0.185. The fourth-order valence-electron chi connectivity index (χ4n) is 3.50. The van der Waals surface area contributed by atoms with Crippen molar-refractivity contribution in [3.8, 4) is 27.6 Å². The van der Waals surface area contributed by atoms with Crippen LogP contribution in [0.1, 0.15) is 22.3 Å². The summed E-state index contributed by atoms with van der Waals surface area (Å²) in [6, 6.07) is 22.4. The molecule has 0 unspecified atom stereocenters. The summed E-state index contributed by atoms with van der Waals surface area (Å²) in [6.07, 6.45) is 0. The molecule has 0 aliphatic rings. The lowest BCUT2D eigenvalue weighted by molar-refractivity contribution is -0.123. The van der Waals surface area contributed by atoms with Crippen LogP contribution in [0.2, 0.25) is 0 Å². The summed E-state index contributed by atoms with van der Waals surface area (Å²) in [7, 11) is 0. The number of amides is 1. The van der Waals surface area contributed by atoms with E-state index in [-0.39, 0.29) is 12.5 Å². The first-order chi connectivity index (χ1) is 15.5. The van der Waals surface area contributed by atoms with Crippen molar-refractivity contribution in [2.24, 2.45) is 0 Å². The molecule has 0 spiro atoms. The predicted molar refractivity (Wildman–Crippen MR) is 131 cm³/mol. The summed E-state index contributed by atoms with van der Waals surface area (Å²) >= 11 is 1.62. The van der Waals surface area contributed by atoms with Gasteiger partial charge in [0.15, 0.2) is 6.61 Å². The van der Waals surface area contributed by atoms with Crippen molar-refractivity contribution in [1.29, 1.82) is 0 Å². The minimum Gasteiger partial charge on any atom is -0.483 e. The summed E-state index contributed by atoms with van der Waals surface area (Å²) < 4.78 is 5.82. The Morgan fingerprint density at radius 2 is 1.69 bits per heavy atom. The third kappa shape index (κ3) is 5.06. The van der Waals surface area contributed by atoms with E-state index in [0.29, 0.717) is 6.54 Å². The van der Waals surface area contributed by atoms with Crippen molar-refractivity contribution in [2.75, 3.05) is 6.61 Å². The molecule has 4 aromatic rings. The Labute approximate surface area is 192 Å². The Morgan fingerprint density at radius 3 is 2.50 bits per heavy atom. The third-order valence-corrected chi connectivity index (χ3v) is 6.35. The first-order valence-electron chi connectivity index (χ1n) is 10.6. The van der Waals surface area contributed by atoms with Crippen LogP contribution in [0.3, 0.4) is 0 Å². The van der Waals surface area contributed by atoms with Gasteiger partial charge in [0.1, 0.15) is 10.8 Å². The highest BCUT2D eigenvalue weighted by Crippen LogP contribution is 2.29. The maximum atomic E-state index is 12.4. The molecule has 0 atom stereocenters. The molecule has 1 aromatic heterocycles. The Bertz CT molecular complexity index is 1230. The molecule has 3 aromatic carbocycles. The Hall–Kier alpha value is -3.44. The number of aryl methyl sites for hydroxylation is 2. The van der Waals surface area contributed by atoms with Crippen LogP contribution < -0.4 is 10.1 Å². The maximum absolute atomic E-state index is 12.4. The predicted octanol–water partition coefficient (Wildman–Crippen LogP) is 6.10. The number of benzene rings is 3. The van der Waals surface area contributed by atoms with Gasteiger partial charge in [0.2, 0.25) is 0 Å². The van der Waals surface area contributed by atoms with Crippen LogP contribution in [0.5, 0.6) is 5.75 Å². The average molecular weight is 443 g/mol. The van der Waals surface area contributed by atoms with Crippen LogP contribution in [0.4, 0.5) is 0 Å². The van der Waals surface area contributed by atoms with Crippen LogP contribution in [-0.2, 0) is 11.3 Å². The molecule has 0 saturated carbocycles. The number of thiazole rings is 1. The standard InChI is InChI=1S/C27H26N2O2S/c1-18-12-13-19(2)26(20(18)3)31-16-25(30)28-15-21-8-7-11-23(14-21)27-29-24(17-32-27)22-9-5-4-6-10-22/h4-14,17H,15-16H2,1-3H3,(H,28,30). The van der Waals surface area contributed by atoms with E-state index in [9.17, 15) is 4.79 Å². The van der Waals surface area contributed by atoms with Crippen molar-refractivity contribution < 1.29 is 9.53 Å². The number of rotatable bonds is 7. The zero-order valence-electron chi connectivity index (χ0n) is 18.5. The van der Waals surface area contributed by atoms with Crippen molar-refractivity contribution >= 4 is 17.2 Å². The molecule has 4 rings (SSSR count). The van der Waals surface area contributed by atoms with E-state index in [1.165, 1.54) is 0 Å². The first-order valence-corrected chi connectivity index (χ1v) is 11.5. The fourth-order valence-corrected chi connectivity index (χ4v) is 4.33. The summed E-state index contributed by atoms with van der Waals surface area (Å²) in [5, 5.41) is 5.99. The molecule has 0 aliphatic carbocycles. The second-order valence-electron chi connectivity index (χ2n) is 7.82. The van der Waals surface area contributed by atoms with Gasteiger partial charge in [0.05, 0.1) is 5.69 Å². The van der Waals surface area contributed by atoms with Crippen LogP contribution in [0.15, 0.2) is 72.1 Å². The van der Waals surface area contributed by atoms with Crippen molar-refractivity contribution in [3.63, 3.8) is 0 Å². The molecule has 162 valence electrons. The third-order valence-electron chi connectivity index (χ3n) is 5.46. The molecule has 0 bridgehead atoms. The molecule has 0 aliphatic heterocycles. The highest BCUT2D eigenvalue weighted by molar-refractivity contribution is 7.13. The number of carbonyl (C=O) groups is 1. The Kier molecular flexibility index (Phi) is 6.66. The molecule has 0 radical (unpaired) electrons. The van der Waals surface area contributed by atoms with Gasteiger partial charge in [0.25, 0.3) is 5.91 Å². The number of hydrogen-bond donors (Lipinski definition) is 1. The van der Waals surface area contributed by atoms with Crippen LogP contribution in [0.25, 0.3) is 21.8 Å². The van der Waals surface area contributed by atoms with E-state index in [4.69, 9.17) is 9.72 Å². The lowest BCUT2D eigenvalue weighted by Gasteiger charge is -2.14. The maximum Gasteiger partial charge on any atom is 0.258 e. The van der Waals surface area contributed by atoms with Crippen LogP contribution in [0, 0.1) is 20.8 Å². The van der Waals surface area contributed by atoms with E-state index in [1.807, 2.05) is 63.2 Å². The number of nitrogens with zero attached hydrogens (tertiary/aromatic N) is 1. The number of nitrogens with one attached hydrogen (secondary N) is 1. The van der Waals surface area contributed by atoms with Gasteiger partial charge < -0.3 is 10.1 Å². The van der Waals surface area contributed by atoms with E-state index in [1.54, 1.807) is 11.3 Å². The number of hydrogen-bond acceptors (Lipinski definition) is 4. The Morgan fingerprint density at radius 1 is 0.938 bits per heavy atom. The first kappa shape index (κ1) is 21.8. The van der Waals surface area contributed by atoms with Gasteiger partial charge in [-0.15, -0.1) is 11.3 Å². The van der Waals surface area contributed by atoms with Crippen molar-refractivity contribution in [1.82, 2.24) is 10.3 Å². The molecular weight excluding hydrogens is 416 g/mol. The van der Waals surface area contributed by atoms with Gasteiger partial charge in [-0.2, -0.15) is 0 Å². The van der Waals surface area contributed by atoms with Gasteiger partial charge in [-0.3, -0.25) is 4.79 Å². The number of carbonyl (C=O) groups excluding carboxylic acids is 1. The molecule has 0 saturated heterocycles. The topological polar surface area (TPSA) is 51.2 Å². The van der Waals surface area contributed by atoms with E-state index in [2.05, 4.69) is 35.0 Å².